The van der Waals surface area contributed by atoms with Gasteiger partial charge in [-0.05, 0) is 48.4 Å². The predicted molar refractivity (Wildman–Crippen MR) is 155 cm³/mol. The van der Waals surface area contributed by atoms with Crippen LogP contribution in [0.15, 0.2) is 66.7 Å². The van der Waals surface area contributed by atoms with Crippen LogP contribution >= 0.6 is 0 Å². The van der Waals surface area contributed by atoms with Crippen LogP contribution in [-0.4, -0.2) is 77.0 Å². The quantitative estimate of drug-likeness (QED) is 0.336. The standard InChI is InChI=1S/C32H37N3O6/c1-37-15-5-14-35-20-26(41-29-7-4-3-6-27(29)35)21-39-31-19-34-18-28(36)32(31)22-8-11-24(12-9-22)40-25-13-10-23(17-33)30(16-25)38-2/h3-4,6-13,16,26,28,31-32,34,36H,5,14-15,18-21H2,1-2H3. The molecule has 3 aromatic carbocycles. The molecule has 2 aliphatic heterocycles. The Morgan fingerprint density at radius 2 is 1.85 bits per heavy atom. The van der Waals surface area contributed by atoms with Gasteiger partial charge >= 0.3 is 0 Å². The van der Waals surface area contributed by atoms with Crippen molar-refractivity contribution in [2.75, 3.05) is 58.5 Å². The fourth-order valence-electron chi connectivity index (χ4n) is 5.50. The molecule has 0 bridgehead atoms. The van der Waals surface area contributed by atoms with Crippen molar-refractivity contribution in [1.29, 1.82) is 5.26 Å². The lowest BCUT2D eigenvalue weighted by molar-refractivity contribution is -0.0499. The monoisotopic (exact) mass is 559 g/mol. The van der Waals surface area contributed by atoms with Crippen LogP contribution in [0.5, 0.6) is 23.0 Å². The molecule has 2 heterocycles. The van der Waals surface area contributed by atoms with E-state index in [-0.39, 0.29) is 18.1 Å². The van der Waals surface area contributed by atoms with E-state index in [0.717, 1.165) is 36.5 Å². The molecule has 9 nitrogen and oxygen atoms in total. The third-order valence-electron chi connectivity index (χ3n) is 7.50. The number of nitrogens with one attached hydrogen (secondary N) is 1. The Labute approximate surface area is 241 Å². The smallest absolute Gasteiger partial charge is 0.143 e. The molecule has 4 unspecified atom stereocenters. The van der Waals surface area contributed by atoms with Crippen LogP contribution in [-0.2, 0) is 9.47 Å². The second kappa shape index (κ2) is 13.7. The van der Waals surface area contributed by atoms with Gasteiger partial charge in [0.1, 0.15) is 35.2 Å². The Morgan fingerprint density at radius 3 is 2.63 bits per heavy atom. The molecule has 0 radical (unpaired) electrons. The molecular formula is C32H37N3O6. The minimum atomic E-state index is -0.596. The number of aliphatic hydroxyl groups is 1. The zero-order valence-electron chi connectivity index (χ0n) is 23.5. The summed E-state index contributed by atoms with van der Waals surface area (Å²) in [7, 11) is 3.25. The van der Waals surface area contributed by atoms with Gasteiger partial charge in [-0.1, -0.05) is 24.3 Å². The number of hydrogen-bond donors (Lipinski definition) is 2. The molecule has 4 atom stereocenters. The minimum absolute atomic E-state index is 0.132. The first kappa shape index (κ1) is 28.7. The molecule has 2 N–H and O–H groups in total. The predicted octanol–water partition coefficient (Wildman–Crippen LogP) is 4.10. The van der Waals surface area contributed by atoms with Gasteiger partial charge in [-0.2, -0.15) is 5.26 Å². The molecule has 41 heavy (non-hydrogen) atoms. The summed E-state index contributed by atoms with van der Waals surface area (Å²) in [4.78, 5) is 2.33. The third kappa shape index (κ3) is 6.92. The van der Waals surface area contributed by atoms with Crippen LogP contribution in [0.1, 0.15) is 23.5 Å². The van der Waals surface area contributed by atoms with Crippen molar-refractivity contribution in [3.8, 4) is 29.1 Å². The highest BCUT2D eigenvalue weighted by Gasteiger charge is 2.35. The molecule has 1 saturated heterocycles. The number of anilines is 1. The molecule has 2 aliphatic rings. The molecule has 9 heteroatoms. The highest BCUT2D eigenvalue weighted by atomic mass is 16.5. The summed E-state index contributed by atoms with van der Waals surface area (Å²) < 4.78 is 29.3. The van der Waals surface area contributed by atoms with Crippen molar-refractivity contribution >= 4 is 5.69 Å². The number of rotatable bonds is 11. The molecule has 0 aromatic heterocycles. The Kier molecular flexibility index (Phi) is 9.59. The SMILES string of the molecule is COCCCN1CC(COC2CNCC(O)C2c2ccc(Oc3ccc(C#N)c(OC)c3)cc2)Oc2ccccc21. The van der Waals surface area contributed by atoms with Crippen LogP contribution in [0.25, 0.3) is 0 Å². The molecule has 216 valence electrons. The first-order chi connectivity index (χ1) is 20.1. The summed E-state index contributed by atoms with van der Waals surface area (Å²) in [5.41, 5.74) is 2.52. The van der Waals surface area contributed by atoms with Gasteiger partial charge in [0.25, 0.3) is 0 Å². The van der Waals surface area contributed by atoms with Crippen molar-refractivity contribution in [3.05, 3.63) is 77.9 Å². The van der Waals surface area contributed by atoms with E-state index in [1.165, 1.54) is 7.11 Å². The highest BCUT2D eigenvalue weighted by molar-refractivity contribution is 5.60. The lowest BCUT2D eigenvalue weighted by Crippen LogP contribution is -2.51. The summed E-state index contributed by atoms with van der Waals surface area (Å²) in [6.45, 7) is 3.84. The number of para-hydroxylation sites is 2. The van der Waals surface area contributed by atoms with E-state index in [2.05, 4.69) is 22.4 Å². The Hall–Kier alpha value is -3.81. The number of β-amino-alcohol motifs (C(OH)–C–C–N with tert-alkyl or cyclic N) is 1. The van der Waals surface area contributed by atoms with Crippen molar-refractivity contribution in [2.24, 2.45) is 0 Å². The first-order valence-electron chi connectivity index (χ1n) is 14.0. The molecule has 1 fully saturated rings. The maximum atomic E-state index is 11.0. The van der Waals surface area contributed by atoms with E-state index in [1.54, 1.807) is 25.3 Å². The normalized spacial score (nSPS) is 21.9. The lowest BCUT2D eigenvalue weighted by Gasteiger charge is -2.39. The lowest BCUT2D eigenvalue weighted by atomic mass is 9.85. The summed E-state index contributed by atoms with van der Waals surface area (Å²) in [5, 5.41) is 23.5. The van der Waals surface area contributed by atoms with Crippen LogP contribution in [0, 0.1) is 11.3 Å². The van der Waals surface area contributed by atoms with Gasteiger partial charge in [0, 0.05) is 45.3 Å². The molecular weight excluding hydrogens is 522 g/mol. The third-order valence-corrected chi connectivity index (χ3v) is 7.50. The number of nitrogens with zero attached hydrogens (tertiary/aromatic N) is 2. The van der Waals surface area contributed by atoms with Gasteiger partial charge in [-0.25, -0.2) is 0 Å². The fraction of sp³-hybridized carbons (Fsp3) is 0.406. The summed E-state index contributed by atoms with van der Waals surface area (Å²) >= 11 is 0. The van der Waals surface area contributed by atoms with Crippen LogP contribution < -0.4 is 24.4 Å². The first-order valence-corrected chi connectivity index (χ1v) is 14.0. The van der Waals surface area contributed by atoms with Crippen molar-refractivity contribution in [3.63, 3.8) is 0 Å². The zero-order valence-corrected chi connectivity index (χ0v) is 23.5. The number of benzene rings is 3. The van der Waals surface area contributed by atoms with E-state index in [0.29, 0.717) is 49.1 Å². The van der Waals surface area contributed by atoms with Crippen molar-refractivity contribution < 1.29 is 28.8 Å². The molecule has 0 spiro atoms. The Bertz CT molecular complexity index is 1330. The van der Waals surface area contributed by atoms with Gasteiger partial charge in [-0.3, -0.25) is 0 Å². The largest absolute Gasteiger partial charge is 0.495 e. The minimum Gasteiger partial charge on any atom is -0.495 e. The van der Waals surface area contributed by atoms with Gasteiger partial charge in [-0.15, -0.1) is 0 Å². The van der Waals surface area contributed by atoms with E-state index in [9.17, 15) is 10.4 Å². The second-order valence-corrected chi connectivity index (χ2v) is 10.3. The highest BCUT2D eigenvalue weighted by Crippen LogP contribution is 2.35. The summed E-state index contributed by atoms with van der Waals surface area (Å²) in [6, 6.07) is 23.0. The van der Waals surface area contributed by atoms with E-state index < -0.39 is 6.10 Å². The van der Waals surface area contributed by atoms with E-state index >= 15 is 0 Å². The molecule has 0 saturated carbocycles. The Morgan fingerprint density at radius 1 is 1.05 bits per heavy atom. The van der Waals surface area contributed by atoms with Gasteiger partial charge in [0.2, 0.25) is 0 Å². The number of methoxy groups -OCH3 is 2. The van der Waals surface area contributed by atoms with Crippen LogP contribution in [0.4, 0.5) is 5.69 Å². The summed E-state index contributed by atoms with van der Waals surface area (Å²) in [5.74, 6) is 2.34. The molecule has 0 amide bonds. The average molecular weight is 560 g/mol. The number of nitriles is 1. The number of ether oxygens (including phenoxy) is 5. The van der Waals surface area contributed by atoms with Crippen molar-refractivity contribution in [1.82, 2.24) is 5.32 Å². The zero-order chi connectivity index (χ0) is 28.6. The van der Waals surface area contributed by atoms with Crippen LogP contribution in [0.3, 0.4) is 0 Å². The maximum absolute atomic E-state index is 11.0. The maximum Gasteiger partial charge on any atom is 0.143 e. The van der Waals surface area contributed by atoms with Gasteiger partial charge in [0.15, 0.2) is 0 Å². The number of hydrogen-bond acceptors (Lipinski definition) is 9. The van der Waals surface area contributed by atoms with Gasteiger partial charge < -0.3 is 39.0 Å². The number of aliphatic hydroxyl groups excluding tert-OH is 1. The van der Waals surface area contributed by atoms with E-state index in [1.807, 2.05) is 42.5 Å². The van der Waals surface area contributed by atoms with Crippen LogP contribution in [0.2, 0.25) is 0 Å². The number of fused-ring (bicyclic) bond motifs is 1. The number of piperidine rings is 1. The van der Waals surface area contributed by atoms with E-state index in [4.69, 9.17) is 23.7 Å². The van der Waals surface area contributed by atoms with Gasteiger partial charge in [0.05, 0.1) is 43.7 Å². The second-order valence-electron chi connectivity index (χ2n) is 10.3. The summed E-state index contributed by atoms with van der Waals surface area (Å²) in [6.07, 6.45) is -0.0253. The fourth-order valence-corrected chi connectivity index (χ4v) is 5.50. The Balaban J connectivity index is 1.24. The molecule has 3 aromatic rings. The van der Waals surface area contributed by atoms with Crippen molar-refractivity contribution in [2.45, 2.75) is 30.7 Å². The molecule has 5 rings (SSSR count). The average Bonchev–Trinajstić information content (AvgIpc) is 3.00. The topological polar surface area (TPSA) is 105 Å². The molecule has 0 aliphatic carbocycles.